The molecule has 1 atom stereocenters. The van der Waals surface area contributed by atoms with E-state index in [0.717, 1.165) is 31.5 Å². The number of rotatable bonds is 5. The highest BCUT2D eigenvalue weighted by molar-refractivity contribution is 7.14. The van der Waals surface area contributed by atoms with Crippen LogP contribution in [0.4, 0.5) is 11.1 Å². The fourth-order valence-electron chi connectivity index (χ4n) is 3.32. The quantitative estimate of drug-likeness (QED) is 0.780. The first-order valence-electron chi connectivity index (χ1n) is 8.86. The van der Waals surface area contributed by atoms with E-state index in [9.17, 15) is 4.79 Å². The number of likely N-dealkylation sites (tertiary alicyclic amines) is 1. The summed E-state index contributed by atoms with van der Waals surface area (Å²) in [4.78, 5) is 32.9. The number of thiazole rings is 1. The minimum atomic E-state index is -0.232. The zero-order valence-corrected chi connectivity index (χ0v) is 15.5. The molecular weight excluding hydrogens is 366 g/mol. The summed E-state index contributed by atoms with van der Waals surface area (Å²) in [5.74, 6) is 0.201. The van der Waals surface area contributed by atoms with Crippen molar-refractivity contribution in [1.82, 2.24) is 24.9 Å². The molecular formula is C17H19N7O2S. The predicted molar refractivity (Wildman–Crippen MR) is 98.2 cm³/mol. The molecule has 0 bridgehead atoms. The molecule has 0 spiro atoms. The molecule has 2 aromatic heterocycles. The van der Waals surface area contributed by atoms with E-state index in [0.29, 0.717) is 36.5 Å². The van der Waals surface area contributed by atoms with Crippen LogP contribution < -0.4 is 5.32 Å². The molecule has 2 aliphatic rings. The number of carbonyl (C=O) groups excluding carboxylic acids is 1. The fourth-order valence-corrected chi connectivity index (χ4v) is 4.00. The third-order valence-electron chi connectivity index (χ3n) is 4.58. The monoisotopic (exact) mass is 385 g/mol. The van der Waals surface area contributed by atoms with Crippen LogP contribution in [-0.4, -0.2) is 57.1 Å². The van der Waals surface area contributed by atoms with Crippen LogP contribution in [0, 0.1) is 11.3 Å². The fraction of sp³-hybridized carbons (Fsp3) is 0.471. The largest absolute Gasteiger partial charge is 0.300 e. The van der Waals surface area contributed by atoms with Crippen LogP contribution in [0.25, 0.3) is 0 Å². The summed E-state index contributed by atoms with van der Waals surface area (Å²) >= 11 is 1.32. The van der Waals surface area contributed by atoms with E-state index >= 15 is 0 Å². The first-order valence-corrected chi connectivity index (χ1v) is 9.74. The Labute approximate surface area is 160 Å². The Bertz CT molecular complexity index is 859. The second-order valence-corrected chi connectivity index (χ2v) is 7.21. The van der Waals surface area contributed by atoms with Gasteiger partial charge in [0.05, 0.1) is 37.5 Å². The molecule has 27 heavy (non-hydrogen) atoms. The molecule has 4 rings (SSSR count). The minimum Gasteiger partial charge on any atom is -0.300 e. The van der Waals surface area contributed by atoms with E-state index in [-0.39, 0.29) is 11.9 Å². The molecule has 10 heteroatoms. The molecule has 4 heterocycles. The zero-order chi connectivity index (χ0) is 18.6. The maximum atomic E-state index is 12.3. The van der Waals surface area contributed by atoms with Crippen molar-refractivity contribution in [2.24, 2.45) is 0 Å². The average molecular weight is 385 g/mol. The van der Waals surface area contributed by atoms with Crippen molar-refractivity contribution in [2.75, 3.05) is 31.6 Å². The Hall–Kier alpha value is -2.61. The lowest BCUT2D eigenvalue weighted by Crippen LogP contribution is -2.26. The highest BCUT2D eigenvalue weighted by Gasteiger charge is 2.27. The molecule has 9 nitrogen and oxygen atoms in total. The maximum absolute atomic E-state index is 12.3. The highest BCUT2D eigenvalue weighted by atomic mass is 32.1. The van der Waals surface area contributed by atoms with Crippen LogP contribution in [0.5, 0.6) is 0 Å². The van der Waals surface area contributed by atoms with E-state index in [1.807, 2.05) is 6.07 Å². The molecule has 0 aliphatic carbocycles. The summed E-state index contributed by atoms with van der Waals surface area (Å²) in [7, 11) is 0. The van der Waals surface area contributed by atoms with Gasteiger partial charge >= 0.3 is 0 Å². The zero-order valence-electron chi connectivity index (χ0n) is 14.7. The van der Waals surface area contributed by atoms with Crippen molar-refractivity contribution >= 4 is 28.3 Å². The molecule has 2 saturated heterocycles. The van der Waals surface area contributed by atoms with Gasteiger partial charge in [-0.1, -0.05) is 0 Å². The topological polar surface area (TPSA) is 107 Å². The smallest absolute Gasteiger partial charge is 0.296 e. The minimum absolute atomic E-state index is 0.133. The van der Waals surface area contributed by atoms with Crippen molar-refractivity contribution in [2.45, 2.75) is 25.3 Å². The van der Waals surface area contributed by atoms with Crippen molar-refractivity contribution in [3.63, 3.8) is 0 Å². The van der Waals surface area contributed by atoms with Gasteiger partial charge in [-0.3, -0.25) is 14.5 Å². The Morgan fingerprint density at radius 2 is 2.33 bits per heavy atom. The number of hydroxylamine groups is 2. The Kier molecular flexibility index (Phi) is 5.24. The third kappa shape index (κ3) is 3.90. The average Bonchev–Trinajstić information content (AvgIpc) is 3.44. The first kappa shape index (κ1) is 17.8. The molecule has 2 aromatic rings. The van der Waals surface area contributed by atoms with E-state index in [1.54, 1.807) is 11.6 Å². The number of amides is 1. The summed E-state index contributed by atoms with van der Waals surface area (Å²) in [6.07, 6.45) is 4.57. The normalized spacial score (nSPS) is 20.0. The Balaban J connectivity index is 1.46. The molecule has 0 saturated carbocycles. The molecule has 0 aromatic carbocycles. The molecule has 2 aliphatic heterocycles. The standard InChI is InChI=1S/C17H19N7O2S/c18-5-9-23-7-1-3-14(23)12-4-6-19-16(20-12)22-17-21-13(11-27-17)15(25)24-8-2-10-26-24/h4,6,11,14H,1-3,7-10H2,(H,19,20,21,22)/t14-/m1/s1. The van der Waals surface area contributed by atoms with Gasteiger partial charge in [0.25, 0.3) is 5.91 Å². The first-order chi connectivity index (χ1) is 13.2. The van der Waals surface area contributed by atoms with Gasteiger partial charge in [0, 0.05) is 11.6 Å². The molecule has 2 fully saturated rings. The lowest BCUT2D eigenvalue weighted by atomic mass is 10.1. The summed E-state index contributed by atoms with van der Waals surface area (Å²) in [5.41, 5.74) is 1.23. The van der Waals surface area contributed by atoms with Gasteiger partial charge < -0.3 is 5.32 Å². The Morgan fingerprint density at radius 3 is 3.15 bits per heavy atom. The second-order valence-electron chi connectivity index (χ2n) is 6.35. The van der Waals surface area contributed by atoms with E-state index in [2.05, 4.69) is 31.2 Å². The van der Waals surface area contributed by atoms with Crippen molar-refractivity contribution in [3.8, 4) is 6.07 Å². The molecule has 1 amide bonds. The number of hydrogen-bond donors (Lipinski definition) is 1. The van der Waals surface area contributed by atoms with E-state index in [1.165, 1.54) is 16.4 Å². The number of carbonyl (C=O) groups is 1. The van der Waals surface area contributed by atoms with Crippen LogP contribution in [-0.2, 0) is 4.84 Å². The van der Waals surface area contributed by atoms with Gasteiger partial charge in [-0.25, -0.2) is 20.0 Å². The SMILES string of the molecule is N#CCN1CCC[C@@H]1c1ccnc(Nc2nc(C(=O)N3CCCO3)cs2)n1. The number of anilines is 2. The molecule has 0 radical (unpaired) electrons. The van der Waals surface area contributed by atoms with E-state index in [4.69, 9.17) is 10.1 Å². The highest BCUT2D eigenvalue weighted by Crippen LogP contribution is 2.31. The third-order valence-corrected chi connectivity index (χ3v) is 5.33. The van der Waals surface area contributed by atoms with Gasteiger partial charge in [0.1, 0.15) is 5.69 Å². The lowest BCUT2D eigenvalue weighted by molar-refractivity contribution is -0.0771. The number of aromatic nitrogens is 3. The summed E-state index contributed by atoms with van der Waals surface area (Å²) in [6.45, 7) is 2.45. The maximum Gasteiger partial charge on any atom is 0.296 e. The number of nitriles is 1. The van der Waals surface area contributed by atoms with Crippen LogP contribution >= 0.6 is 11.3 Å². The Morgan fingerprint density at radius 1 is 1.41 bits per heavy atom. The number of nitrogens with one attached hydrogen (secondary N) is 1. The van der Waals surface area contributed by atoms with Gasteiger partial charge in [0.15, 0.2) is 5.13 Å². The summed E-state index contributed by atoms with van der Waals surface area (Å²) in [6, 6.07) is 4.23. The van der Waals surface area contributed by atoms with Crippen LogP contribution in [0.15, 0.2) is 17.6 Å². The molecule has 0 unspecified atom stereocenters. The molecule has 1 N–H and O–H groups in total. The predicted octanol–water partition coefficient (Wildman–Crippen LogP) is 2.11. The number of hydrogen-bond acceptors (Lipinski definition) is 9. The van der Waals surface area contributed by atoms with Crippen molar-refractivity contribution in [1.29, 1.82) is 5.26 Å². The van der Waals surface area contributed by atoms with Crippen molar-refractivity contribution < 1.29 is 9.63 Å². The van der Waals surface area contributed by atoms with Crippen molar-refractivity contribution in [3.05, 3.63) is 29.0 Å². The lowest BCUT2D eigenvalue weighted by Gasteiger charge is -2.21. The van der Waals surface area contributed by atoms with Crippen LogP contribution in [0.1, 0.15) is 41.5 Å². The van der Waals surface area contributed by atoms with Gasteiger partial charge in [-0.2, -0.15) is 5.26 Å². The van der Waals surface area contributed by atoms with Crippen LogP contribution in [0.3, 0.4) is 0 Å². The number of nitrogens with zero attached hydrogens (tertiary/aromatic N) is 6. The van der Waals surface area contributed by atoms with Crippen LogP contribution in [0.2, 0.25) is 0 Å². The van der Waals surface area contributed by atoms with E-state index < -0.39 is 0 Å². The molecule has 140 valence electrons. The van der Waals surface area contributed by atoms with Gasteiger partial charge in [-0.05, 0) is 31.9 Å². The second kappa shape index (κ2) is 7.96. The van der Waals surface area contributed by atoms with Gasteiger partial charge in [-0.15, -0.1) is 11.3 Å². The van der Waals surface area contributed by atoms with Gasteiger partial charge in [0.2, 0.25) is 5.95 Å². The summed E-state index contributed by atoms with van der Waals surface area (Å²) < 4.78 is 0. The summed E-state index contributed by atoms with van der Waals surface area (Å²) in [5, 5.41) is 15.6.